The predicted octanol–water partition coefficient (Wildman–Crippen LogP) is 4.13. The molecule has 0 heterocycles. The number of benzene rings is 1. The summed E-state index contributed by atoms with van der Waals surface area (Å²) in [5.41, 5.74) is 2.63. The first kappa shape index (κ1) is 16.0. The molecule has 2 heteroatoms. The van der Waals surface area contributed by atoms with Gasteiger partial charge in [0.15, 0.2) is 0 Å². The molecule has 0 radical (unpaired) electrons. The molecule has 0 aliphatic carbocycles. The van der Waals surface area contributed by atoms with Crippen molar-refractivity contribution in [3.05, 3.63) is 29.3 Å². The van der Waals surface area contributed by atoms with Gasteiger partial charge in [-0.05, 0) is 61.5 Å². The largest absolute Gasteiger partial charge is 0.494 e. The van der Waals surface area contributed by atoms with Crippen LogP contribution in [0.25, 0.3) is 0 Å². The smallest absolute Gasteiger partial charge is 0.119 e. The molecule has 108 valence electrons. The quantitative estimate of drug-likeness (QED) is 0.712. The van der Waals surface area contributed by atoms with Gasteiger partial charge in [0, 0.05) is 0 Å². The summed E-state index contributed by atoms with van der Waals surface area (Å²) in [6, 6.07) is 6.52. The van der Waals surface area contributed by atoms with Crippen molar-refractivity contribution < 1.29 is 4.74 Å². The van der Waals surface area contributed by atoms with Gasteiger partial charge in [-0.25, -0.2) is 0 Å². The minimum atomic E-state index is 0.551. The van der Waals surface area contributed by atoms with Gasteiger partial charge in [-0.1, -0.05) is 33.8 Å². The van der Waals surface area contributed by atoms with Crippen molar-refractivity contribution in [3.63, 3.8) is 0 Å². The van der Waals surface area contributed by atoms with E-state index in [0.717, 1.165) is 31.9 Å². The van der Waals surface area contributed by atoms with E-state index in [1.54, 1.807) is 0 Å². The standard InChI is InChI=1S/C17H29NO/c1-13(2)12-18-7-6-8-19-17-10-15(5)9-16(11-17)14(3)4/h9-11,13-14,18H,6-8,12H2,1-5H3. The Balaban J connectivity index is 2.33. The van der Waals surface area contributed by atoms with E-state index < -0.39 is 0 Å². The van der Waals surface area contributed by atoms with Crippen LogP contribution >= 0.6 is 0 Å². The average Bonchev–Trinajstić information content (AvgIpc) is 2.32. The molecule has 0 aliphatic rings. The lowest BCUT2D eigenvalue weighted by molar-refractivity contribution is 0.306. The van der Waals surface area contributed by atoms with Crippen molar-refractivity contribution in [2.45, 2.75) is 47.0 Å². The summed E-state index contributed by atoms with van der Waals surface area (Å²) in [7, 11) is 0. The van der Waals surface area contributed by atoms with Crippen LogP contribution in [0.2, 0.25) is 0 Å². The minimum absolute atomic E-state index is 0.551. The van der Waals surface area contributed by atoms with Crippen LogP contribution in [0.4, 0.5) is 0 Å². The molecular formula is C17H29NO. The lowest BCUT2D eigenvalue weighted by atomic mass is 10.0. The van der Waals surface area contributed by atoms with Gasteiger partial charge in [0.25, 0.3) is 0 Å². The van der Waals surface area contributed by atoms with E-state index in [1.165, 1.54) is 11.1 Å². The van der Waals surface area contributed by atoms with Crippen molar-refractivity contribution in [2.75, 3.05) is 19.7 Å². The number of aryl methyl sites for hydroxylation is 1. The second-order valence-electron chi connectivity index (χ2n) is 6.03. The SMILES string of the molecule is Cc1cc(OCCCNCC(C)C)cc(C(C)C)c1. The summed E-state index contributed by atoms with van der Waals surface area (Å²) < 4.78 is 5.84. The number of ether oxygens (including phenoxy) is 1. The predicted molar refractivity (Wildman–Crippen MR) is 83.1 cm³/mol. The molecule has 0 amide bonds. The van der Waals surface area contributed by atoms with Crippen molar-refractivity contribution in [2.24, 2.45) is 5.92 Å². The third-order valence-corrected chi connectivity index (χ3v) is 3.06. The van der Waals surface area contributed by atoms with E-state index in [2.05, 4.69) is 58.1 Å². The van der Waals surface area contributed by atoms with Crippen LogP contribution in [0.15, 0.2) is 18.2 Å². The molecule has 1 aromatic carbocycles. The summed E-state index contributed by atoms with van der Waals surface area (Å²) in [4.78, 5) is 0. The van der Waals surface area contributed by atoms with Gasteiger partial charge in [0.1, 0.15) is 5.75 Å². The fourth-order valence-corrected chi connectivity index (χ4v) is 1.97. The van der Waals surface area contributed by atoms with Crippen molar-refractivity contribution >= 4 is 0 Å². The third kappa shape index (κ3) is 6.63. The molecule has 0 saturated carbocycles. The molecule has 19 heavy (non-hydrogen) atoms. The highest BCUT2D eigenvalue weighted by Gasteiger charge is 2.03. The topological polar surface area (TPSA) is 21.3 Å². The normalized spacial score (nSPS) is 11.3. The van der Waals surface area contributed by atoms with E-state index in [1.807, 2.05) is 0 Å². The van der Waals surface area contributed by atoms with Crippen LogP contribution < -0.4 is 10.1 Å². The highest BCUT2D eigenvalue weighted by atomic mass is 16.5. The minimum Gasteiger partial charge on any atom is -0.494 e. The molecule has 1 rings (SSSR count). The van der Waals surface area contributed by atoms with Gasteiger partial charge >= 0.3 is 0 Å². The first-order chi connectivity index (χ1) is 8.99. The van der Waals surface area contributed by atoms with E-state index >= 15 is 0 Å². The van der Waals surface area contributed by atoms with Crippen LogP contribution in [-0.4, -0.2) is 19.7 Å². The Morgan fingerprint density at radius 3 is 2.47 bits per heavy atom. The van der Waals surface area contributed by atoms with E-state index in [9.17, 15) is 0 Å². The molecule has 2 nitrogen and oxygen atoms in total. The molecule has 0 aliphatic heterocycles. The number of hydrogen-bond donors (Lipinski definition) is 1. The Morgan fingerprint density at radius 1 is 1.11 bits per heavy atom. The Labute approximate surface area is 118 Å². The van der Waals surface area contributed by atoms with Crippen LogP contribution in [0.1, 0.15) is 51.2 Å². The van der Waals surface area contributed by atoms with Crippen molar-refractivity contribution in [1.82, 2.24) is 5.32 Å². The average molecular weight is 263 g/mol. The number of nitrogens with one attached hydrogen (secondary N) is 1. The zero-order valence-electron chi connectivity index (χ0n) is 13.1. The third-order valence-electron chi connectivity index (χ3n) is 3.06. The Morgan fingerprint density at radius 2 is 1.84 bits per heavy atom. The van der Waals surface area contributed by atoms with Gasteiger partial charge in [-0.2, -0.15) is 0 Å². The number of hydrogen-bond acceptors (Lipinski definition) is 2. The Hall–Kier alpha value is -1.02. The van der Waals surface area contributed by atoms with E-state index in [0.29, 0.717) is 11.8 Å². The first-order valence-electron chi connectivity index (χ1n) is 7.44. The van der Waals surface area contributed by atoms with Gasteiger partial charge in [-0.15, -0.1) is 0 Å². The maximum Gasteiger partial charge on any atom is 0.119 e. The van der Waals surface area contributed by atoms with Gasteiger partial charge in [0.05, 0.1) is 6.61 Å². The molecule has 1 aromatic rings. The van der Waals surface area contributed by atoms with Gasteiger partial charge in [-0.3, -0.25) is 0 Å². The summed E-state index contributed by atoms with van der Waals surface area (Å²) >= 11 is 0. The fourth-order valence-electron chi connectivity index (χ4n) is 1.97. The van der Waals surface area contributed by atoms with E-state index in [-0.39, 0.29) is 0 Å². The zero-order chi connectivity index (χ0) is 14.3. The Bertz CT molecular complexity index is 372. The van der Waals surface area contributed by atoms with Crippen molar-refractivity contribution in [1.29, 1.82) is 0 Å². The lowest BCUT2D eigenvalue weighted by Crippen LogP contribution is -2.22. The van der Waals surface area contributed by atoms with Crippen LogP contribution in [0, 0.1) is 12.8 Å². The van der Waals surface area contributed by atoms with Crippen LogP contribution in [-0.2, 0) is 0 Å². The second-order valence-corrected chi connectivity index (χ2v) is 6.03. The highest BCUT2D eigenvalue weighted by Crippen LogP contribution is 2.22. The van der Waals surface area contributed by atoms with Crippen LogP contribution in [0.3, 0.4) is 0 Å². The molecule has 0 unspecified atom stereocenters. The monoisotopic (exact) mass is 263 g/mol. The summed E-state index contributed by atoms with van der Waals surface area (Å²) in [5, 5.41) is 3.43. The molecule has 1 N–H and O–H groups in total. The van der Waals surface area contributed by atoms with Gasteiger partial charge in [0.2, 0.25) is 0 Å². The lowest BCUT2D eigenvalue weighted by Gasteiger charge is -2.12. The van der Waals surface area contributed by atoms with Crippen LogP contribution in [0.5, 0.6) is 5.75 Å². The molecule has 0 fully saturated rings. The van der Waals surface area contributed by atoms with Gasteiger partial charge < -0.3 is 10.1 Å². The fraction of sp³-hybridized carbons (Fsp3) is 0.647. The first-order valence-corrected chi connectivity index (χ1v) is 7.44. The second kappa shape index (κ2) is 8.21. The zero-order valence-corrected chi connectivity index (χ0v) is 13.1. The molecular weight excluding hydrogens is 234 g/mol. The highest BCUT2D eigenvalue weighted by molar-refractivity contribution is 5.35. The van der Waals surface area contributed by atoms with E-state index in [4.69, 9.17) is 4.74 Å². The summed E-state index contributed by atoms with van der Waals surface area (Å²) in [6.07, 6.45) is 1.05. The van der Waals surface area contributed by atoms with Crippen molar-refractivity contribution in [3.8, 4) is 5.75 Å². The molecule has 0 atom stereocenters. The maximum atomic E-state index is 5.84. The molecule has 0 spiro atoms. The summed E-state index contributed by atoms with van der Waals surface area (Å²) in [6.45, 7) is 13.9. The number of rotatable bonds is 8. The summed E-state index contributed by atoms with van der Waals surface area (Å²) in [5.74, 6) is 2.27. The molecule has 0 bridgehead atoms. The molecule has 0 aromatic heterocycles. The maximum absolute atomic E-state index is 5.84. The molecule has 0 saturated heterocycles. The Kier molecular flexibility index (Phi) is 6.93.